The first-order chi connectivity index (χ1) is 11.7. The molecule has 128 valence electrons. The Hall–Kier alpha value is -1.69. The van der Waals surface area contributed by atoms with E-state index < -0.39 is 0 Å². The molecule has 0 saturated carbocycles. The highest BCUT2D eigenvalue weighted by atomic mass is 32.2. The number of aromatic nitrogens is 2. The molecule has 24 heavy (non-hydrogen) atoms. The van der Waals surface area contributed by atoms with Crippen molar-refractivity contribution in [3.05, 3.63) is 34.7 Å². The summed E-state index contributed by atoms with van der Waals surface area (Å²) < 4.78 is 1.88. The number of benzene rings is 1. The number of para-hydroxylation sites is 2. The molecule has 1 N–H and O–H groups in total. The Labute approximate surface area is 145 Å². The lowest BCUT2D eigenvalue weighted by Crippen LogP contribution is -2.43. The summed E-state index contributed by atoms with van der Waals surface area (Å²) in [6.45, 7) is 1.53. The number of carbonyl (C=O) groups is 1. The molecule has 2 aliphatic heterocycles. The lowest BCUT2D eigenvalue weighted by Gasteiger charge is -2.35. The van der Waals surface area contributed by atoms with E-state index >= 15 is 0 Å². The highest BCUT2D eigenvalue weighted by Gasteiger charge is 2.30. The summed E-state index contributed by atoms with van der Waals surface area (Å²) in [6, 6.07) is 8.01. The number of hydrogen-bond donors (Lipinski definition) is 1. The van der Waals surface area contributed by atoms with Crippen LogP contribution in [0.25, 0.3) is 11.0 Å². The largest absolute Gasteiger partial charge is 0.342 e. The third kappa shape index (κ3) is 2.88. The maximum absolute atomic E-state index is 12.7. The molecule has 1 aromatic heterocycles. The summed E-state index contributed by atoms with van der Waals surface area (Å²) in [7, 11) is 0. The van der Waals surface area contributed by atoms with Gasteiger partial charge in [0.2, 0.25) is 5.91 Å². The van der Waals surface area contributed by atoms with Gasteiger partial charge in [-0.15, -0.1) is 0 Å². The number of fused-ring (bicyclic) bond motifs is 1. The topological polar surface area (TPSA) is 58.1 Å². The summed E-state index contributed by atoms with van der Waals surface area (Å²) >= 11 is 1.95. The van der Waals surface area contributed by atoms with Gasteiger partial charge in [0.1, 0.15) is 0 Å². The van der Waals surface area contributed by atoms with Crippen molar-refractivity contribution in [3.63, 3.8) is 0 Å². The van der Waals surface area contributed by atoms with E-state index in [0.717, 1.165) is 61.3 Å². The zero-order valence-electron chi connectivity index (χ0n) is 13.7. The van der Waals surface area contributed by atoms with E-state index in [9.17, 15) is 9.59 Å². The summed E-state index contributed by atoms with van der Waals surface area (Å²) in [6.07, 6.45) is 3.75. The van der Waals surface area contributed by atoms with Crippen LogP contribution in [0, 0.1) is 5.92 Å². The second kappa shape index (κ2) is 6.67. The van der Waals surface area contributed by atoms with Crippen molar-refractivity contribution < 1.29 is 4.79 Å². The van der Waals surface area contributed by atoms with Crippen LogP contribution in [0.3, 0.4) is 0 Å². The van der Waals surface area contributed by atoms with Crippen molar-refractivity contribution in [2.45, 2.75) is 31.7 Å². The number of hydrogen-bond acceptors (Lipinski definition) is 3. The van der Waals surface area contributed by atoms with E-state index in [-0.39, 0.29) is 17.6 Å². The number of imidazole rings is 1. The minimum absolute atomic E-state index is 0.0368. The number of piperidine rings is 1. The Morgan fingerprint density at radius 3 is 2.54 bits per heavy atom. The molecule has 0 aliphatic carbocycles. The van der Waals surface area contributed by atoms with Crippen LogP contribution in [0.15, 0.2) is 29.1 Å². The first-order valence-corrected chi connectivity index (χ1v) is 9.95. The van der Waals surface area contributed by atoms with Crippen LogP contribution >= 0.6 is 11.8 Å². The Bertz CT molecular complexity index is 783. The van der Waals surface area contributed by atoms with Gasteiger partial charge in [-0.1, -0.05) is 12.1 Å². The van der Waals surface area contributed by atoms with Gasteiger partial charge >= 0.3 is 5.69 Å². The molecule has 0 bridgehead atoms. The van der Waals surface area contributed by atoms with E-state index in [0.29, 0.717) is 5.91 Å². The molecule has 0 atom stereocenters. The van der Waals surface area contributed by atoms with Crippen molar-refractivity contribution in [3.8, 4) is 0 Å². The number of likely N-dealkylation sites (tertiary alicyclic amines) is 1. The van der Waals surface area contributed by atoms with Crippen LogP contribution in [-0.2, 0) is 4.79 Å². The predicted octanol–water partition coefficient (Wildman–Crippen LogP) is 2.64. The average Bonchev–Trinajstić information content (AvgIpc) is 2.98. The van der Waals surface area contributed by atoms with Gasteiger partial charge in [-0.25, -0.2) is 4.79 Å². The molecule has 6 heteroatoms. The molecular weight excluding hydrogens is 322 g/mol. The van der Waals surface area contributed by atoms with E-state index in [2.05, 4.69) is 4.98 Å². The molecule has 2 aromatic rings. The highest BCUT2D eigenvalue weighted by molar-refractivity contribution is 7.99. The second-order valence-corrected chi connectivity index (χ2v) is 7.99. The van der Waals surface area contributed by atoms with E-state index in [4.69, 9.17) is 0 Å². The summed E-state index contributed by atoms with van der Waals surface area (Å²) in [5, 5.41) is 0. The SMILES string of the molecule is O=C(C1CCSCC1)N1CCC(n2c(=O)[nH]c3ccccc32)CC1. The molecule has 1 amide bonds. The molecule has 0 spiro atoms. The maximum Gasteiger partial charge on any atom is 0.326 e. The Balaban J connectivity index is 1.46. The molecule has 4 rings (SSSR count). The minimum Gasteiger partial charge on any atom is -0.342 e. The van der Waals surface area contributed by atoms with Gasteiger partial charge in [-0.2, -0.15) is 11.8 Å². The molecule has 5 nitrogen and oxygen atoms in total. The molecular formula is C18H23N3O2S. The lowest BCUT2D eigenvalue weighted by atomic mass is 9.98. The first kappa shape index (κ1) is 15.8. The first-order valence-electron chi connectivity index (χ1n) is 8.80. The number of aromatic amines is 1. The van der Waals surface area contributed by atoms with Gasteiger partial charge in [0.15, 0.2) is 0 Å². The monoisotopic (exact) mass is 345 g/mol. The van der Waals surface area contributed by atoms with Gasteiger partial charge in [-0.05, 0) is 49.3 Å². The molecule has 2 fully saturated rings. The molecule has 3 heterocycles. The quantitative estimate of drug-likeness (QED) is 0.910. The Kier molecular flexibility index (Phi) is 4.39. The van der Waals surface area contributed by atoms with Gasteiger partial charge in [0.25, 0.3) is 0 Å². The number of rotatable bonds is 2. The molecule has 0 unspecified atom stereocenters. The fraction of sp³-hybridized carbons (Fsp3) is 0.556. The number of H-pyrrole nitrogens is 1. The normalized spacial score (nSPS) is 20.6. The van der Waals surface area contributed by atoms with Crippen molar-refractivity contribution in [1.82, 2.24) is 14.5 Å². The minimum atomic E-state index is -0.0368. The third-order valence-electron chi connectivity index (χ3n) is 5.34. The van der Waals surface area contributed by atoms with Crippen LogP contribution in [0.4, 0.5) is 0 Å². The number of nitrogens with zero attached hydrogens (tertiary/aromatic N) is 2. The number of nitrogens with one attached hydrogen (secondary N) is 1. The van der Waals surface area contributed by atoms with Crippen LogP contribution in [0.1, 0.15) is 31.7 Å². The van der Waals surface area contributed by atoms with E-state index in [1.54, 1.807) is 0 Å². The van der Waals surface area contributed by atoms with E-state index in [1.165, 1.54) is 0 Å². The fourth-order valence-electron chi connectivity index (χ4n) is 3.98. The summed E-state index contributed by atoms with van der Waals surface area (Å²) in [5.74, 6) is 2.77. The van der Waals surface area contributed by atoms with Gasteiger partial charge in [-0.3, -0.25) is 9.36 Å². The van der Waals surface area contributed by atoms with Crippen LogP contribution in [0.2, 0.25) is 0 Å². The average molecular weight is 345 g/mol. The zero-order valence-corrected chi connectivity index (χ0v) is 14.6. The molecule has 2 saturated heterocycles. The number of carbonyl (C=O) groups excluding carboxylic acids is 1. The third-order valence-corrected chi connectivity index (χ3v) is 6.38. The number of amides is 1. The van der Waals surface area contributed by atoms with Crippen molar-refractivity contribution in [2.75, 3.05) is 24.6 Å². The highest BCUT2D eigenvalue weighted by Crippen LogP contribution is 2.29. The lowest BCUT2D eigenvalue weighted by molar-refractivity contribution is -0.137. The van der Waals surface area contributed by atoms with Gasteiger partial charge < -0.3 is 9.88 Å². The molecule has 2 aliphatic rings. The van der Waals surface area contributed by atoms with Crippen molar-refractivity contribution in [2.24, 2.45) is 5.92 Å². The smallest absolute Gasteiger partial charge is 0.326 e. The maximum atomic E-state index is 12.7. The Morgan fingerprint density at radius 1 is 1.08 bits per heavy atom. The second-order valence-electron chi connectivity index (χ2n) is 6.76. The van der Waals surface area contributed by atoms with Crippen LogP contribution in [0.5, 0.6) is 0 Å². The van der Waals surface area contributed by atoms with Crippen molar-refractivity contribution >= 4 is 28.7 Å². The predicted molar refractivity (Wildman–Crippen MR) is 97.5 cm³/mol. The fourth-order valence-corrected chi connectivity index (χ4v) is 5.09. The Morgan fingerprint density at radius 2 is 1.79 bits per heavy atom. The van der Waals surface area contributed by atoms with Gasteiger partial charge in [0.05, 0.1) is 11.0 Å². The summed E-state index contributed by atoms with van der Waals surface area (Å²) in [4.78, 5) is 30.0. The van der Waals surface area contributed by atoms with Gasteiger partial charge in [0, 0.05) is 25.0 Å². The van der Waals surface area contributed by atoms with Crippen LogP contribution in [-0.4, -0.2) is 45.0 Å². The molecule has 0 radical (unpaired) electrons. The van der Waals surface area contributed by atoms with E-state index in [1.807, 2.05) is 45.5 Å². The standard InChI is InChI=1S/C18H23N3O2S/c22-17(13-7-11-24-12-8-13)20-9-5-14(6-10-20)21-16-4-2-1-3-15(16)19-18(21)23/h1-4,13-14H,5-12H2,(H,19,23). The van der Waals surface area contributed by atoms with Crippen LogP contribution < -0.4 is 5.69 Å². The van der Waals surface area contributed by atoms with Crippen molar-refractivity contribution in [1.29, 1.82) is 0 Å². The summed E-state index contributed by atoms with van der Waals surface area (Å²) in [5.41, 5.74) is 1.82. The molecule has 1 aromatic carbocycles. The number of thioether (sulfide) groups is 1. The zero-order chi connectivity index (χ0) is 16.5.